The van der Waals surface area contributed by atoms with E-state index in [1.165, 1.54) is 29.5 Å². The number of rotatable bonds is 1. The van der Waals surface area contributed by atoms with Crippen molar-refractivity contribution in [1.29, 1.82) is 0 Å². The fourth-order valence-corrected chi connectivity index (χ4v) is 4.09. The highest BCUT2D eigenvalue weighted by molar-refractivity contribution is 5.84. The van der Waals surface area contributed by atoms with Gasteiger partial charge in [-0.15, -0.1) is 0 Å². The van der Waals surface area contributed by atoms with Gasteiger partial charge in [0.05, 0.1) is 11.7 Å². The molecule has 0 saturated carbocycles. The van der Waals surface area contributed by atoms with Gasteiger partial charge in [-0.3, -0.25) is 14.4 Å². The molecule has 1 unspecified atom stereocenters. The Labute approximate surface area is 123 Å². The maximum Gasteiger partial charge on any atom is 0.253 e. The largest absolute Gasteiger partial charge is 0.307 e. The summed E-state index contributed by atoms with van der Waals surface area (Å²) in [6.07, 6.45) is 6.63. The lowest BCUT2D eigenvalue weighted by molar-refractivity contribution is 0.312. The highest BCUT2D eigenvalue weighted by atomic mass is 16.1. The summed E-state index contributed by atoms with van der Waals surface area (Å²) in [6, 6.07) is 0.394. The third-order valence-corrected chi connectivity index (χ3v) is 5.19. The van der Waals surface area contributed by atoms with Crippen molar-refractivity contribution in [1.82, 2.24) is 19.7 Å². The van der Waals surface area contributed by atoms with Crippen molar-refractivity contribution in [2.75, 3.05) is 13.6 Å². The molecule has 1 atom stereocenters. The average molecular weight is 286 g/mol. The summed E-state index contributed by atoms with van der Waals surface area (Å²) in [6.45, 7) is 1.13. The maximum atomic E-state index is 12.3. The smallest absolute Gasteiger partial charge is 0.253 e. The van der Waals surface area contributed by atoms with Gasteiger partial charge >= 0.3 is 0 Å². The number of hydrogen-bond donors (Lipinski definition) is 1. The predicted molar refractivity (Wildman–Crippen MR) is 82.6 cm³/mol. The van der Waals surface area contributed by atoms with Crippen LogP contribution in [-0.2, 0) is 19.9 Å². The molecule has 4 rings (SSSR count). The molecule has 2 aliphatic rings. The monoisotopic (exact) mass is 286 g/mol. The van der Waals surface area contributed by atoms with Crippen molar-refractivity contribution in [2.24, 2.45) is 7.05 Å². The molecule has 0 amide bonds. The summed E-state index contributed by atoms with van der Waals surface area (Å²) < 4.78 is 1.85. The number of aromatic amines is 1. The first kappa shape index (κ1) is 13.1. The molecule has 1 aliphatic carbocycles. The molecule has 5 heteroatoms. The Morgan fingerprint density at radius 2 is 1.90 bits per heavy atom. The van der Waals surface area contributed by atoms with E-state index >= 15 is 0 Å². The molecular formula is C16H22N4O. The summed E-state index contributed by atoms with van der Waals surface area (Å²) in [5.41, 5.74) is 4.43. The Morgan fingerprint density at radius 1 is 1.14 bits per heavy atom. The number of aromatic nitrogens is 3. The maximum absolute atomic E-state index is 12.3. The van der Waals surface area contributed by atoms with Crippen LogP contribution in [-0.4, -0.2) is 33.3 Å². The van der Waals surface area contributed by atoms with Gasteiger partial charge < -0.3 is 4.98 Å². The van der Waals surface area contributed by atoms with E-state index in [0.717, 1.165) is 43.4 Å². The lowest BCUT2D eigenvalue weighted by atomic mass is 9.89. The molecule has 0 aromatic carbocycles. The third-order valence-electron chi connectivity index (χ3n) is 5.19. The van der Waals surface area contributed by atoms with Crippen molar-refractivity contribution < 1.29 is 0 Å². The molecule has 2 aromatic rings. The summed E-state index contributed by atoms with van der Waals surface area (Å²) in [5, 5.41) is 6.00. The van der Waals surface area contributed by atoms with Gasteiger partial charge in [0, 0.05) is 18.0 Å². The molecule has 5 nitrogen and oxygen atoms in total. The second-order valence-electron chi connectivity index (χ2n) is 6.49. The minimum absolute atomic E-state index is 0.0894. The predicted octanol–water partition coefficient (Wildman–Crippen LogP) is 1.91. The van der Waals surface area contributed by atoms with E-state index in [0.29, 0.717) is 6.04 Å². The van der Waals surface area contributed by atoms with E-state index in [9.17, 15) is 4.79 Å². The Morgan fingerprint density at radius 3 is 2.62 bits per heavy atom. The van der Waals surface area contributed by atoms with Crippen LogP contribution in [0.4, 0.5) is 0 Å². The van der Waals surface area contributed by atoms with Crippen molar-refractivity contribution in [3.05, 3.63) is 27.2 Å². The molecule has 3 heterocycles. The van der Waals surface area contributed by atoms with Crippen LogP contribution in [0.3, 0.4) is 0 Å². The van der Waals surface area contributed by atoms with Gasteiger partial charge in [0.1, 0.15) is 5.65 Å². The summed E-state index contributed by atoms with van der Waals surface area (Å²) in [4.78, 5) is 17.8. The standard InChI is InChI=1S/C16H22N4O/c1-19-9-5-8-12(19)14-13-10-6-3-4-7-11(10)16(21)17-15(13)20(2)18-14/h12H,3-9H2,1-2H3,(H,17,21). The second-order valence-corrected chi connectivity index (χ2v) is 6.49. The van der Waals surface area contributed by atoms with E-state index in [1.54, 1.807) is 0 Å². The van der Waals surface area contributed by atoms with E-state index in [-0.39, 0.29) is 5.56 Å². The van der Waals surface area contributed by atoms with Crippen LogP contribution in [0.1, 0.15) is 48.5 Å². The fourth-order valence-electron chi connectivity index (χ4n) is 4.09. The number of hydrogen-bond acceptors (Lipinski definition) is 3. The Hall–Kier alpha value is -1.62. The molecular weight excluding hydrogens is 264 g/mol. The zero-order valence-electron chi connectivity index (χ0n) is 12.8. The number of pyridine rings is 1. The lowest BCUT2D eigenvalue weighted by Gasteiger charge is -2.20. The van der Waals surface area contributed by atoms with Crippen molar-refractivity contribution in [3.8, 4) is 0 Å². The van der Waals surface area contributed by atoms with E-state index in [1.807, 2.05) is 11.7 Å². The van der Waals surface area contributed by atoms with Crippen LogP contribution in [0.5, 0.6) is 0 Å². The minimum Gasteiger partial charge on any atom is -0.307 e. The molecule has 1 fully saturated rings. The lowest BCUT2D eigenvalue weighted by Crippen LogP contribution is -2.21. The fraction of sp³-hybridized carbons (Fsp3) is 0.625. The summed E-state index contributed by atoms with van der Waals surface area (Å²) in [7, 11) is 4.11. The SMILES string of the molecule is CN1CCCC1c1nn(C)c2[nH]c(=O)c3c(c12)CCCC3. The number of H-pyrrole nitrogens is 1. The normalized spacial score (nSPS) is 22.9. The van der Waals surface area contributed by atoms with Crippen molar-refractivity contribution in [2.45, 2.75) is 44.6 Å². The van der Waals surface area contributed by atoms with Crippen LogP contribution in [0.15, 0.2) is 4.79 Å². The molecule has 0 bridgehead atoms. The molecule has 21 heavy (non-hydrogen) atoms. The van der Waals surface area contributed by atoms with Crippen LogP contribution >= 0.6 is 0 Å². The first-order chi connectivity index (χ1) is 10.2. The zero-order chi connectivity index (χ0) is 14.6. The Bertz CT molecular complexity index is 758. The van der Waals surface area contributed by atoms with Crippen molar-refractivity contribution in [3.63, 3.8) is 0 Å². The van der Waals surface area contributed by atoms with Crippen LogP contribution in [0, 0.1) is 0 Å². The molecule has 2 aromatic heterocycles. The quantitative estimate of drug-likeness (QED) is 0.871. The number of aryl methyl sites for hydroxylation is 2. The number of nitrogens with one attached hydrogen (secondary N) is 1. The first-order valence-electron chi connectivity index (χ1n) is 7.97. The number of likely N-dealkylation sites (tertiary alicyclic amines) is 1. The zero-order valence-corrected chi connectivity index (χ0v) is 12.8. The van der Waals surface area contributed by atoms with Gasteiger partial charge in [0.25, 0.3) is 5.56 Å². The number of fused-ring (bicyclic) bond motifs is 3. The molecule has 0 spiro atoms. The average Bonchev–Trinajstić information content (AvgIpc) is 3.04. The van der Waals surface area contributed by atoms with Crippen molar-refractivity contribution >= 4 is 11.0 Å². The highest BCUT2D eigenvalue weighted by Crippen LogP contribution is 2.36. The van der Waals surface area contributed by atoms with Gasteiger partial charge in [-0.2, -0.15) is 5.10 Å². The van der Waals surface area contributed by atoms with Gasteiger partial charge in [-0.25, -0.2) is 0 Å². The van der Waals surface area contributed by atoms with E-state index < -0.39 is 0 Å². The van der Waals surface area contributed by atoms with E-state index in [4.69, 9.17) is 5.10 Å². The van der Waals surface area contributed by atoms with Crippen LogP contribution < -0.4 is 5.56 Å². The third kappa shape index (κ3) is 1.87. The number of nitrogens with zero attached hydrogens (tertiary/aromatic N) is 3. The molecule has 0 radical (unpaired) electrons. The molecule has 1 saturated heterocycles. The highest BCUT2D eigenvalue weighted by Gasteiger charge is 2.30. The van der Waals surface area contributed by atoms with Gasteiger partial charge in [-0.1, -0.05) is 0 Å². The Balaban J connectivity index is 2.02. The van der Waals surface area contributed by atoms with Crippen LogP contribution in [0.25, 0.3) is 11.0 Å². The summed E-state index contributed by atoms with van der Waals surface area (Å²) in [5.74, 6) is 0. The topological polar surface area (TPSA) is 53.9 Å². The summed E-state index contributed by atoms with van der Waals surface area (Å²) >= 11 is 0. The molecule has 1 aliphatic heterocycles. The molecule has 112 valence electrons. The first-order valence-corrected chi connectivity index (χ1v) is 7.97. The Kier molecular flexibility index (Phi) is 2.92. The molecule has 1 N–H and O–H groups in total. The van der Waals surface area contributed by atoms with Gasteiger partial charge in [0.2, 0.25) is 0 Å². The van der Waals surface area contributed by atoms with Gasteiger partial charge in [-0.05, 0) is 57.7 Å². The van der Waals surface area contributed by atoms with Crippen LogP contribution in [0.2, 0.25) is 0 Å². The minimum atomic E-state index is 0.0894. The second kappa shape index (κ2) is 4.70. The van der Waals surface area contributed by atoms with Gasteiger partial charge in [0.15, 0.2) is 0 Å². The van der Waals surface area contributed by atoms with E-state index in [2.05, 4.69) is 16.9 Å².